The third kappa shape index (κ3) is 2.56. The predicted octanol–water partition coefficient (Wildman–Crippen LogP) is 3.27. The van der Waals surface area contributed by atoms with Crippen LogP contribution in [0.3, 0.4) is 0 Å². The molecule has 0 radical (unpaired) electrons. The number of imidazole rings is 1. The average molecular weight is 292 g/mol. The van der Waals surface area contributed by atoms with Crippen molar-refractivity contribution < 1.29 is 0 Å². The maximum atomic E-state index is 4.86. The summed E-state index contributed by atoms with van der Waals surface area (Å²) in [7, 11) is 2.21. The Morgan fingerprint density at radius 1 is 1.45 bits per heavy atom. The predicted molar refractivity (Wildman–Crippen MR) is 85.7 cm³/mol. The van der Waals surface area contributed by atoms with E-state index < -0.39 is 0 Å². The molecule has 2 heterocycles. The molecule has 0 bridgehead atoms. The van der Waals surface area contributed by atoms with Crippen LogP contribution in [0.2, 0.25) is 0 Å². The van der Waals surface area contributed by atoms with E-state index in [1.54, 1.807) is 11.3 Å². The second-order valence-electron chi connectivity index (χ2n) is 5.66. The molecule has 0 amide bonds. The number of rotatable bonds is 6. The number of nitrogens with zero attached hydrogens (tertiary/aromatic N) is 3. The topological polar surface area (TPSA) is 32.6 Å². The van der Waals surface area contributed by atoms with Gasteiger partial charge in [-0.3, -0.25) is 4.40 Å². The van der Waals surface area contributed by atoms with Crippen molar-refractivity contribution in [1.82, 2.24) is 14.7 Å². The van der Waals surface area contributed by atoms with Crippen LogP contribution in [0, 0.1) is 0 Å². The zero-order chi connectivity index (χ0) is 13.9. The molecule has 0 unspecified atom stereocenters. The fourth-order valence-corrected chi connectivity index (χ4v) is 3.84. The Hall–Kier alpha value is -1.07. The van der Waals surface area contributed by atoms with E-state index >= 15 is 0 Å². The second-order valence-corrected chi connectivity index (χ2v) is 6.54. The number of nitrogens with one attached hydrogen (secondary N) is 1. The van der Waals surface area contributed by atoms with Crippen molar-refractivity contribution in [3.05, 3.63) is 17.3 Å². The highest BCUT2D eigenvalue weighted by Crippen LogP contribution is 2.30. The van der Waals surface area contributed by atoms with Crippen LogP contribution in [-0.4, -0.2) is 29.0 Å². The lowest BCUT2D eigenvalue weighted by atomic mass is 10.2. The lowest BCUT2D eigenvalue weighted by Gasteiger charge is -2.25. The summed E-state index contributed by atoms with van der Waals surface area (Å²) in [6, 6.07) is 0.671. The average Bonchev–Trinajstić information content (AvgIpc) is 3.16. The third-order valence-corrected chi connectivity index (χ3v) is 5.02. The summed E-state index contributed by atoms with van der Waals surface area (Å²) in [5.74, 6) is 1.17. The lowest BCUT2D eigenvalue weighted by Crippen LogP contribution is -2.30. The van der Waals surface area contributed by atoms with E-state index in [0.717, 1.165) is 18.1 Å². The Bertz CT molecular complexity index is 553. The summed E-state index contributed by atoms with van der Waals surface area (Å²) in [6.45, 7) is 4.16. The van der Waals surface area contributed by atoms with Gasteiger partial charge >= 0.3 is 0 Å². The van der Waals surface area contributed by atoms with Gasteiger partial charge in [-0.2, -0.15) is 0 Å². The fraction of sp³-hybridized carbons (Fsp3) is 0.667. The first kappa shape index (κ1) is 13.9. The maximum Gasteiger partial charge on any atom is 0.195 e. The quantitative estimate of drug-likeness (QED) is 0.829. The van der Waals surface area contributed by atoms with Crippen molar-refractivity contribution in [3.63, 3.8) is 0 Å². The molecule has 20 heavy (non-hydrogen) atoms. The van der Waals surface area contributed by atoms with Crippen molar-refractivity contribution in [2.75, 3.05) is 18.5 Å². The van der Waals surface area contributed by atoms with Crippen molar-refractivity contribution in [2.24, 2.45) is 0 Å². The van der Waals surface area contributed by atoms with Gasteiger partial charge in [-0.05, 0) is 25.8 Å². The molecule has 1 aliphatic rings. The van der Waals surface area contributed by atoms with Crippen LogP contribution in [0.4, 0.5) is 5.82 Å². The van der Waals surface area contributed by atoms with Gasteiger partial charge in [0.1, 0.15) is 0 Å². The Balaban J connectivity index is 1.87. The van der Waals surface area contributed by atoms with Gasteiger partial charge in [0, 0.05) is 31.2 Å². The van der Waals surface area contributed by atoms with Gasteiger partial charge in [0.05, 0.1) is 5.69 Å². The van der Waals surface area contributed by atoms with Crippen molar-refractivity contribution in [3.8, 4) is 0 Å². The van der Waals surface area contributed by atoms with Crippen LogP contribution >= 0.6 is 11.3 Å². The SMILES string of the molecule is CCCNCc1c(N(C)C2CCCC2)nc2sccn12. The fourth-order valence-electron chi connectivity index (χ4n) is 3.12. The molecular weight excluding hydrogens is 268 g/mol. The molecule has 0 atom stereocenters. The van der Waals surface area contributed by atoms with Crippen LogP contribution in [0.5, 0.6) is 0 Å². The number of anilines is 1. The third-order valence-electron chi connectivity index (χ3n) is 4.27. The summed E-state index contributed by atoms with van der Waals surface area (Å²) in [6.07, 6.45) is 8.65. The molecule has 5 heteroatoms. The molecule has 0 aliphatic heterocycles. The van der Waals surface area contributed by atoms with Crippen LogP contribution in [0.25, 0.3) is 4.96 Å². The Kier molecular flexibility index (Phi) is 4.27. The number of aromatic nitrogens is 2. The zero-order valence-corrected chi connectivity index (χ0v) is 13.2. The highest BCUT2D eigenvalue weighted by molar-refractivity contribution is 7.15. The van der Waals surface area contributed by atoms with Crippen LogP contribution < -0.4 is 10.2 Å². The van der Waals surface area contributed by atoms with Crippen molar-refractivity contribution >= 4 is 22.1 Å². The van der Waals surface area contributed by atoms with Crippen LogP contribution in [0.1, 0.15) is 44.7 Å². The minimum atomic E-state index is 0.671. The van der Waals surface area contributed by atoms with Crippen molar-refractivity contribution in [2.45, 2.75) is 51.6 Å². The van der Waals surface area contributed by atoms with Gasteiger partial charge in [0.2, 0.25) is 0 Å². The van der Waals surface area contributed by atoms with E-state index in [-0.39, 0.29) is 0 Å². The van der Waals surface area contributed by atoms with E-state index in [1.807, 2.05) is 0 Å². The molecule has 1 saturated carbocycles. The summed E-state index contributed by atoms with van der Waals surface area (Å²) < 4.78 is 2.24. The van der Waals surface area contributed by atoms with Crippen LogP contribution in [0.15, 0.2) is 11.6 Å². The molecule has 4 nitrogen and oxygen atoms in total. The van der Waals surface area contributed by atoms with E-state index in [9.17, 15) is 0 Å². The van der Waals surface area contributed by atoms with Gasteiger partial charge in [0.25, 0.3) is 0 Å². The molecule has 0 spiro atoms. The normalized spacial score (nSPS) is 16.3. The van der Waals surface area contributed by atoms with Crippen molar-refractivity contribution in [1.29, 1.82) is 0 Å². The Morgan fingerprint density at radius 3 is 3.00 bits per heavy atom. The Labute approximate surface area is 124 Å². The largest absolute Gasteiger partial charge is 0.355 e. The summed E-state index contributed by atoms with van der Waals surface area (Å²) in [5, 5.41) is 5.64. The number of thiazole rings is 1. The first-order chi connectivity index (χ1) is 9.81. The van der Waals surface area contributed by atoms with Gasteiger partial charge in [-0.1, -0.05) is 19.8 Å². The van der Waals surface area contributed by atoms with Gasteiger partial charge in [-0.15, -0.1) is 11.3 Å². The molecule has 2 aromatic rings. The molecule has 0 saturated heterocycles. The first-order valence-corrected chi connectivity index (χ1v) is 8.57. The van der Waals surface area contributed by atoms with E-state index in [1.165, 1.54) is 43.6 Å². The summed E-state index contributed by atoms with van der Waals surface area (Å²) >= 11 is 1.72. The molecule has 1 aliphatic carbocycles. The molecule has 110 valence electrons. The number of fused-ring (bicyclic) bond motifs is 1. The minimum Gasteiger partial charge on any atom is -0.355 e. The molecule has 1 N–H and O–H groups in total. The van der Waals surface area contributed by atoms with E-state index in [0.29, 0.717) is 6.04 Å². The van der Waals surface area contributed by atoms with Gasteiger partial charge < -0.3 is 10.2 Å². The monoisotopic (exact) mass is 292 g/mol. The molecule has 3 rings (SSSR count). The lowest BCUT2D eigenvalue weighted by molar-refractivity contribution is 0.629. The Morgan fingerprint density at radius 2 is 2.25 bits per heavy atom. The molecule has 2 aromatic heterocycles. The maximum absolute atomic E-state index is 4.86. The highest BCUT2D eigenvalue weighted by Gasteiger charge is 2.24. The standard InChI is InChI=1S/C15H24N4S/c1-3-8-16-11-13-14(17-15-19(13)9-10-20-15)18(2)12-6-4-5-7-12/h9-10,12,16H,3-8,11H2,1-2H3. The van der Waals surface area contributed by atoms with Gasteiger partial charge in [0.15, 0.2) is 10.8 Å². The number of hydrogen-bond acceptors (Lipinski definition) is 4. The summed E-state index contributed by atoms with van der Waals surface area (Å²) in [5.41, 5.74) is 1.31. The number of hydrogen-bond donors (Lipinski definition) is 1. The van der Waals surface area contributed by atoms with E-state index in [4.69, 9.17) is 4.98 Å². The van der Waals surface area contributed by atoms with E-state index in [2.05, 4.69) is 40.2 Å². The molecule has 0 aromatic carbocycles. The smallest absolute Gasteiger partial charge is 0.195 e. The van der Waals surface area contributed by atoms with Gasteiger partial charge in [-0.25, -0.2) is 4.98 Å². The zero-order valence-electron chi connectivity index (χ0n) is 12.4. The van der Waals surface area contributed by atoms with Crippen LogP contribution in [-0.2, 0) is 6.54 Å². The minimum absolute atomic E-state index is 0.671. The molecule has 1 fully saturated rings. The second kappa shape index (κ2) is 6.14. The summed E-state index contributed by atoms with van der Waals surface area (Å²) in [4.78, 5) is 8.39. The molecular formula is C15H24N4S. The highest BCUT2D eigenvalue weighted by atomic mass is 32.1. The first-order valence-electron chi connectivity index (χ1n) is 7.69.